The number of benzene rings is 3. The Bertz CT molecular complexity index is 1230. The lowest BCUT2D eigenvalue weighted by molar-refractivity contribution is -0.126. The van der Waals surface area contributed by atoms with Crippen molar-refractivity contribution in [3.8, 4) is 0 Å². The van der Waals surface area contributed by atoms with E-state index in [1.807, 2.05) is 42.5 Å². The average Bonchev–Trinajstić information content (AvgIpc) is 2.79. The van der Waals surface area contributed by atoms with Gasteiger partial charge >= 0.3 is 0 Å². The second kappa shape index (κ2) is 9.17. The molecule has 1 fully saturated rings. The standard InChI is InChI=1S/C23H22Cl2N2O3S/c24-19-10-11-21(25)22(13-19)31(29,30)27-12-4-8-18(15-27)23(28)26-14-17-7-3-6-16-5-1-2-9-20(16)17/h1-3,5-7,9-11,13,18H,4,8,12,14-15H2,(H,26,28). The average molecular weight is 477 g/mol. The van der Waals surface area contributed by atoms with Crippen LogP contribution in [0.4, 0.5) is 0 Å². The monoisotopic (exact) mass is 476 g/mol. The first kappa shape index (κ1) is 22.1. The number of halogens is 2. The van der Waals surface area contributed by atoms with Gasteiger partial charge < -0.3 is 5.32 Å². The zero-order valence-corrected chi connectivity index (χ0v) is 19.1. The second-order valence-electron chi connectivity index (χ2n) is 7.63. The molecule has 1 amide bonds. The van der Waals surface area contributed by atoms with Crippen LogP contribution < -0.4 is 5.32 Å². The molecule has 4 rings (SSSR count). The fraction of sp³-hybridized carbons (Fsp3) is 0.261. The minimum absolute atomic E-state index is 0.0292. The van der Waals surface area contributed by atoms with Gasteiger partial charge in [0.05, 0.1) is 10.9 Å². The number of fused-ring (bicyclic) bond motifs is 1. The molecule has 1 unspecified atom stereocenters. The molecule has 3 aromatic carbocycles. The molecule has 5 nitrogen and oxygen atoms in total. The zero-order valence-electron chi connectivity index (χ0n) is 16.7. The van der Waals surface area contributed by atoms with Crippen molar-refractivity contribution in [1.29, 1.82) is 0 Å². The zero-order chi connectivity index (χ0) is 22.0. The smallest absolute Gasteiger partial charge is 0.244 e. The van der Waals surface area contributed by atoms with E-state index in [0.717, 1.165) is 16.3 Å². The number of piperidine rings is 1. The maximum absolute atomic E-state index is 13.1. The van der Waals surface area contributed by atoms with Gasteiger partial charge in [0.1, 0.15) is 4.90 Å². The molecule has 8 heteroatoms. The molecule has 31 heavy (non-hydrogen) atoms. The summed E-state index contributed by atoms with van der Waals surface area (Å²) in [6.07, 6.45) is 1.24. The lowest BCUT2D eigenvalue weighted by Crippen LogP contribution is -2.45. The van der Waals surface area contributed by atoms with E-state index in [4.69, 9.17) is 23.2 Å². The Kier molecular flexibility index (Phi) is 6.53. The number of carbonyl (C=O) groups is 1. The Morgan fingerprint density at radius 1 is 1.06 bits per heavy atom. The summed E-state index contributed by atoms with van der Waals surface area (Å²) >= 11 is 12.1. The quantitative estimate of drug-likeness (QED) is 0.571. The molecule has 1 atom stereocenters. The van der Waals surface area contributed by atoms with Gasteiger partial charge in [0.2, 0.25) is 15.9 Å². The van der Waals surface area contributed by atoms with Crippen molar-refractivity contribution in [2.45, 2.75) is 24.3 Å². The molecule has 0 aromatic heterocycles. The number of carbonyl (C=O) groups excluding carboxylic acids is 1. The first-order valence-corrected chi connectivity index (χ1v) is 12.3. The van der Waals surface area contributed by atoms with Gasteiger partial charge in [-0.1, -0.05) is 65.7 Å². The summed E-state index contributed by atoms with van der Waals surface area (Å²) < 4.78 is 27.5. The summed E-state index contributed by atoms with van der Waals surface area (Å²) in [6.45, 7) is 0.856. The summed E-state index contributed by atoms with van der Waals surface area (Å²) in [5, 5.41) is 5.60. The molecule has 1 heterocycles. The molecule has 1 saturated heterocycles. The molecule has 3 aromatic rings. The van der Waals surface area contributed by atoms with E-state index < -0.39 is 15.9 Å². The van der Waals surface area contributed by atoms with Gasteiger partial charge in [0, 0.05) is 24.7 Å². The third-order valence-corrected chi connectivity index (χ3v) is 8.18. The predicted octanol–water partition coefficient (Wildman–Crippen LogP) is 4.86. The molecule has 0 aliphatic carbocycles. The Morgan fingerprint density at radius 2 is 1.84 bits per heavy atom. The van der Waals surface area contributed by atoms with Crippen LogP contribution in [0.5, 0.6) is 0 Å². The summed E-state index contributed by atoms with van der Waals surface area (Å²) in [7, 11) is -3.84. The van der Waals surface area contributed by atoms with Crippen molar-refractivity contribution in [3.63, 3.8) is 0 Å². The van der Waals surface area contributed by atoms with Crippen LogP contribution in [-0.4, -0.2) is 31.7 Å². The fourth-order valence-electron chi connectivity index (χ4n) is 3.96. The Balaban J connectivity index is 1.47. The highest BCUT2D eigenvalue weighted by atomic mass is 35.5. The van der Waals surface area contributed by atoms with Crippen LogP contribution in [-0.2, 0) is 21.4 Å². The normalized spacial score (nSPS) is 17.5. The maximum atomic E-state index is 13.1. The van der Waals surface area contributed by atoms with Gasteiger partial charge in [0.25, 0.3) is 0 Å². The van der Waals surface area contributed by atoms with E-state index in [9.17, 15) is 13.2 Å². The van der Waals surface area contributed by atoms with Gasteiger partial charge in [-0.2, -0.15) is 4.31 Å². The molecule has 0 saturated carbocycles. The van der Waals surface area contributed by atoms with Gasteiger partial charge in [-0.25, -0.2) is 8.42 Å². The van der Waals surface area contributed by atoms with Crippen LogP contribution in [0.25, 0.3) is 10.8 Å². The van der Waals surface area contributed by atoms with Crippen LogP contribution in [0.2, 0.25) is 10.0 Å². The molecule has 162 valence electrons. The molecule has 0 radical (unpaired) electrons. The van der Waals surface area contributed by atoms with Crippen LogP contribution in [0.3, 0.4) is 0 Å². The van der Waals surface area contributed by atoms with E-state index in [2.05, 4.69) is 5.32 Å². The fourth-order valence-corrected chi connectivity index (χ4v) is 6.22. The molecular weight excluding hydrogens is 455 g/mol. The maximum Gasteiger partial charge on any atom is 0.244 e. The highest BCUT2D eigenvalue weighted by Gasteiger charge is 2.34. The topological polar surface area (TPSA) is 66.5 Å². The second-order valence-corrected chi connectivity index (χ2v) is 10.4. The lowest BCUT2D eigenvalue weighted by Gasteiger charge is -2.31. The molecule has 1 aliphatic rings. The number of sulfonamides is 1. The largest absolute Gasteiger partial charge is 0.352 e. The van der Waals surface area contributed by atoms with Gasteiger partial charge in [-0.05, 0) is 47.4 Å². The highest BCUT2D eigenvalue weighted by Crippen LogP contribution is 2.30. The predicted molar refractivity (Wildman–Crippen MR) is 124 cm³/mol. The Morgan fingerprint density at radius 3 is 2.68 bits per heavy atom. The van der Waals surface area contributed by atoms with Gasteiger partial charge in [-0.15, -0.1) is 0 Å². The van der Waals surface area contributed by atoms with E-state index in [1.165, 1.54) is 16.4 Å². The third kappa shape index (κ3) is 4.72. The van der Waals surface area contributed by atoms with Crippen molar-refractivity contribution >= 4 is 49.9 Å². The van der Waals surface area contributed by atoms with E-state index >= 15 is 0 Å². The number of nitrogens with one attached hydrogen (secondary N) is 1. The van der Waals surface area contributed by atoms with Gasteiger partial charge in [0.15, 0.2) is 0 Å². The van der Waals surface area contributed by atoms with Crippen molar-refractivity contribution in [2.75, 3.05) is 13.1 Å². The summed E-state index contributed by atoms with van der Waals surface area (Å²) in [4.78, 5) is 12.8. The minimum Gasteiger partial charge on any atom is -0.352 e. The molecule has 0 bridgehead atoms. The minimum atomic E-state index is -3.84. The third-order valence-electron chi connectivity index (χ3n) is 5.60. The highest BCUT2D eigenvalue weighted by molar-refractivity contribution is 7.89. The van der Waals surface area contributed by atoms with Crippen LogP contribution in [0.15, 0.2) is 65.6 Å². The summed E-state index contributed by atoms with van der Waals surface area (Å²) in [6, 6.07) is 18.4. The van der Waals surface area contributed by atoms with Crippen molar-refractivity contribution in [3.05, 3.63) is 76.3 Å². The van der Waals surface area contributed by atoms with E-state index in [-0.39, 0.29) is 22.4 Å². The molecular formula is C23H22Cl2N2O3S. The van der Waals surface area contributed by atoms with Crippen LogP contribution in [0.1, 0.15) is 18.4 Å². The van der Waals surface area contributed by atoms with E-state index in [0.29, 0.717) is 31.0 Å². The van der Waals surface area contributed by atoms with Gasteiger partial charge in [-0.3, -0.25) is 4.79 Å². The van der Waals surface area contributed by atoms with Crippen molar-refractivity contribution < 1.29 is 13.2 Å². The number of nitrogens with zero attached hydrogens (tertiary/aromatic N) is 1. The number of rotatable bonds is 5. The lowest BCUT2D eigenvalue weighted by atomic mass is 9.98. The van der Waals surface area contributed by atoms with Crippen molar-refractivity contribution in [1.82, 2.24) is 9.62 Å². The molecule has 1 N–H and O–H groups in total. The number of hydrogen-bond donors (Lipinski definition) is 1. The van der Waals surface area contributed by atoms with Crippen LogP contribution in [0, 0.1) is 5.92 Å². The Hall–Kier alpha value is -2.12. The summed E-state index contributed by atoms with van der Waals surface area (Å²) in [5.41, 5.74) is 1.03. The van der Waals surface area contributed by atoms with E-state index in [1.54, 1.807) is 6.07 Å². The number of hydrogen-bond acceptors (Lipinski definition) is 3. The first-order valence-electron chi connectivity index (χ1n) is 10.1. The van der Waals surface area contributed by atoms with Crippen molar-refractivity contribution in [2.24, 2.45) is 5.92 Å². The SMILES string of the molecule is O=C(NCc1cccc2ccccc12)C1CCCN(S(=O)(=O)c2cc(Cl)ccc2Cl)C1. The molecule has 0 spiro atoms. The Labute approximate surface area is 192 Å². The van der Waals surface area contributed by atoms with Crippen LogP contribution >= 0.6 is 23.2 Å². The molecule has 1 aliphatic heterocycles. The first-order chi connectivity index (χ1) is 14.9. The number of amides is 1. The summed E-state index contributed by atoms with van der Waals surface area (Å²) in [5.74, 6) is -0.568.